The van der Waals surface area contributed by atoms with E-state index in [0.717, 1.165) is 24.3 Å². The summed E-state index contributed by atoms with van der Waals surface area (Å²) in [7, 11) is -4.10. The van der Waals surface area contributed by atoms with Crippen LogP contribution in [0.1, 0.15) is 23.7 Å². The second-order valence-electron chi connectivity index (χ2n) is 5.99. The van der Waals surface area contributed by atoms with Gasteiger partial charge in [-0.25, -0.2) is 22.4 Å². The maximum absolute atomic E-state index is 13.0. The lowest BCUT2D eigenvalue weighted by Crippen LogP contribution is -2.41. The zero-order chi connectivity index (χ0) is 22.1. The van der Waals surface area contributed by atoms with Gasteiger partial charge in [-0.05, 0) is 42.8 Å². The third-order valence-corrected chi connectivity index (χ3v) is 5.02. The van der Waals surface area contributed by atoms with E-state index in [1.807, 2.05) is 12.2 Å². The van der Waals surface area contributed by atoms with Gasteiger partial charge in [-0.1, -0.05) is 19.1 Å². The first-order valence-corrected chi connectivity index (χ1v) is 10.3. The molecular weight excluding hydrogens is 417 g/mol. The summed E-state index contributed by atoms with van der Waals surface area (Å²) < 4.78 is 45.0. The number of nitrogens with one attached hydrogen (secondary N) is 3. The molecule has 0 bridgehead atoms. The number of rotatable bonds is 8. The van der Waals surface area contributed by atoms with Crippen molar-refractivity contribution in [3.8, 4) is 0 Å². The third kappa shape index (κ3) is 6.55. The molecule has 30 heavy (non-hydrogen) atoms. The van der Waals surface area contributed by atoms with Crippen molar-refractivity contribution in [1.82, 2.24) is 10.6 Å². The Morgan fingerprint density at radius 1 is 1.03 bits per heavy atom. The van der Waals surface area contributed by atoms with E-state index in [4.69, 9.17) is 4.74 Å². The van der Waals surface area contributed by atoms with Crippen LogP contribution in [0.25, 0.3) is 0 Å². The van der Waals surface area contributed by atoms with Gasteiger partial charge in [0.25, 0.3) is 15.9 Å². The Morgan fingerprint density at radius 2 is 1.70 bits per heavy atom. The number of sulfonamides is 1. The van der Waals surface area contributed by atoms with E-state index >= 15 is 0 Å². The van der Waals surface area contributed by atoms with E-state index in [2.05, 4.69) is 10.0 Å². The molecule has 0 aromatic heterocycles. The van der Waals surface area contributed by atoms with Gasteiger partial charge < -0.3 is 10.1 Å². The number of ether oxygens (including phenoxy) is 1. The van der Waals surface area contributed by atoms with Gasteiger partial charge in [0, 0.05) is 6.54 Å². The van der Waals surface area contributed by atoms with Crippen molar-refractivity contribution in [3.05, 3.63) is 59.9 Å². The summed E-state index contributed by atoms with van der Waals surface area (Å²) in [4.78, 5) is 35.2. The Kier molecular flexibility index (Phi) is 7.87. The fraction of sp³-hybridized carbons (Fsp3) is 0.211. The summed E-state index contributed by atoms with van der Waals surface area (Å²) in [5, 5.41) is 4.42. The number of anilines is 1. The lowest BCUT2D eigenvalue weighted by Gasteiger charge is -2.12. The number of imide groups is 1. The highest BCUT2D eigenvalue weighted by molar-refractivity contribution is 7.92. The van der Waals surface area contributed by atoms with Gasteiger partial charge in [0.1, 0.15) is 5.82 Å². The summed E-state index contributed by atoms with van der Waals surface area (Å²) in [6.45, 7) is 1.48. The van der Waals surface area contributed by atoms with E-state index < -0.39 is 40.4 Å². The molecule has 0 saturated carbocycles. The largest absolute Gasteiger partial charge is 0.452 e. The van der Waals surface area contributed by atoms with Crippen molar-refractivity contribution in [2.24, 2.45) is 0 Å². The van der Waals surface area contributed by atoms with E-state index in [1.54, 1.807) is 0 Å². The second kappa shape index (κ2) is 10.3. The zero-order valence-electron chi connectivity index (χ0n) is 16.0. The van der Waals surface area contributed by atoms with Crippen LogP contribution in [-0.4, -0.2) is 39.5 Å². The molecule has 9 nitrogen and oxygen atoms in total. The second-order valence-corrected chi connectivity index (χ2v) is 7.67. The molecule has 0 unspecified atom stereocenters. The molecule has 0 aliphatic heterocycles. The number of carbonyl (C=O) groups excluding carboxylic acids is 3. The van der Waals surface area contributed by atoms with Gasteiger partial charge >= 0.3 is 12.0 Å². The first kappa shape index (κ1) is 22.8. The zero-order valence-corrected chi connectivity index (χ0v) is 16.8. The van der Waals surface area contributed by atoms with Crippen LogP contribution in [0.3, 0.4) is 0 Å². The Bertz CT molecular complexity index is 1020. The average Bonchev–Trinajstić information content (AvgIpc) is 2.71. The molecule has 2 aromatic carbocycles. The fourth-order valence-electron chi connectivity index (χ4n) is 2.22. The van der Waals surface area contributed by atoms with E-state index in [0.29, 0.717) is 13.0 Å². The molecule has 2 aromatic rings. The molecule has 11 heteroatoms. The maximum atomic E-state index is 13.0. The minimum absolute atomic E-state index is 0.0899. The Hall–Kier alpha value is -3.47. The van der Waals surface area contributed by atoms with Crippen LogP contribution in [0.2, 0.25) is 0 Å². The minimum Gasteiger partial charge on any atom is -0.452 e. The number of carbonyl (C=O) groups is 3. The highest BCUT2D eigenvalue weighted by Gasteiger charge is 2.20. The van der Waals surface area contributed by atoms with Crippen LogP contribution >= 0.6 is 0 Å². The molecule has 0 atom stereocenters. The monoisotopic (exact) mass is 437 g/mol. The van der Waals surface area contributed by atoms with Crippen molar-refractivity contribution >= 4 is 33.6 Å². The maximum Gasteiger partial charge on any atom is 0.340 e. The molecule has 0 spiro atoms. The summed E-state index contributed by atoms with van der Waals surface area (Å²) in [5.41, 5.74) is -0.237. The number of esters is 1. The number of hydrogen-bond donors (Lipinski definition) is 3. The Labute approximate surface area is 172 Å². The van der Waals surface area contributed by atoms with Crippen molar-refractivity contribution in [2.75, 3.05) is 17.9 Å². The van der Waals surface area contributed by atoms with Crippen LogP contribution in [0, 0.1) is 5.82 Å². The van der Waals surface area contributed by atoms with Gasteiger partial charge in [0.05, 0.1) is 16.1 Å². The number of hydrogen-bond acceptors (Lipinski definition) is 6. The molecule has 0 fully saturated rings. The molecule has 0 radical (unpaired) electrons. The van der Waals surface area contributed by atoms with Gasteiger partial charge in [-0.15, -0.1) is 0 Å². The molecule has 2 rings (SSSR count). The quantitative estimate of drug-likeness (QED) is 0.542. The van der Waals surface area contributed by atoms with Gasteiger partial charge in [0.2, 0.25) is 0 Å². The predicted molar refractivity (Wildman–Crippen MR) is 106 cm³/mol. The van der Waals surface area contributed by atoms with Crippen molar-refractivity contribution in [1.29, 1.82) is 0 Å². The number of benzene rings is 2. The molecule has 3 N–H and O–H groups in total. The summed E-state index contributed by atoms with van der Waals surface area (Å²) >= 11 is 0. The van der Waals surface area contributed by atoms with Crippen molar-refractivity contribution in [2.45, 2.75) is 18.2 Å². The predicted octanol–water partition coefficient (Wildman–Crippen LogP) is 2.02. The standard InChI is InChI=1S/C19H20FN3O6S/c1-2-11-21-19(26)22-17(24)12-29-18(25)15-5-3-4-6-16(15)23-30(27,28)14-9-7-13(20)8-10-14/h3-10,23H,2,11-12H2,1H3,(H2,21,22,24,26). The lowest BCUT2D eigenvalue weighted by atomic mass is 10.2. The minimum atomic E-state index is -4.10. The van der Waals surface area contributed by atoms with E-state index in [-0.39, 0.29) is 16.1 Å². The van der Waals surface area contributed by atoms with Crippen molar-refractivity contribution in [3.63, 3.8) is 0 Å². The van der Waals surface area contributed by atoms with Crippen LogP contribution in [0.15, 0.2) is 53.4 Å². The van der Waals surface area contributed by atoms with Gasteiger partial charge in [0.15, 0.2) is 6.61 Å². The normalized spacial score (nSPS) is 10.7. The van der Waals surface area contributed by atoms with Gasteiger partial charge in [-0.3, -0.25) is 14.8 Å². The highest BCUT2D eigenvalue weighted by atomic mass is 32.2. The highest BCUT2D eigenvalue weighted by Crippen LogP contribution is 2.21. The van der Waals surface area contributed by atoms with E-state index in [1.165, 1.54) is 24.3 Å². The molecule has 0 aliphatic carbocycles. The van der Waals surface area contributed by atoms with Gasteiger partial charge in [-0.2, -0.15) is 0 Å². The lowest BCUT2D eigenvalue weighted by molar-refractivity contribution is -0.123. The van der Waals surface area contributed by atoms with Crippen LogP contribution in [0.5, 0.6) is 0 Å². The molecule has 160 valence electrons. The molecule has 0 aliphatic rings. The number of amides is 3. The van der Waals surface area contributed by atoms with Crippen LogP contribution in [-0.2, 0) is 19.6 Å². The number of halogens is 1. The SMILES string of the molecule is CCCNC(=O)NC(=O)COC(=O)c1ccccc1NS(=O)(=O)c1ccc(F)cc1. The summed E-state index contributed by atoms with van der Waals surface area (Å²) in [6, 6.07) is 9.01. The fourth-order valence-corrected chi connectivity index (χ4v) is 3.30. The molecule has 0 heterocycles. The number of para-hydroxylation sites is 1. The van der Waals surface area contributed by atoms with Crippen molar-refractivity contribution < 1.29 is 31.9 Å². The smallest absolute Gasteiger partial charge is 0.340 e. The Morgan fingerprint density at radius 3 is 2.37 bits per heavy atom. The third-order valence-electron chi connectivity index (χ3n) is 3.64. The Balaban J connectivity index is 2.05. The molecule has 3 amide bonds. The van der Waals surface area contributed by atoms with Crippen LogP contribution < -0.4 is 15.4 Å². The summed E-state index contributed by atoms with van der Waals surface area (Å²) in [5.74, 6) is -2.42. The van der Waals surface area contributed by atoms with E-state index in [9.17, 15) is 27.2 Å². The molecular formula is C19H20FN3O6S. The topological polar surface area (TPSA) is 131 Å². The molecule has 0 saturated heterocycles. The van der Waals surface area contributed by atoms with Crippen LogP contribution in [0.4, 0.5) is 14.9 Å². The number of urea groups is 1. The summed E-state index contributed by atoms with van der Waals surface area (Å²) in [6.07, 6.45) is 0.682. The first-order valence-electron chi connectivity index (χ1n) is 8.85. The first-order chi connectivity index (χ1) is 14.2. The average molecular weight is 437 g/mol.